The average Bonchev–Trinajstić information content (AvgIpc) is 4.26. The molecule has 0 atom stereocenters. The maximum absolute atomic E-state index is 9.46. The highest BCUT2D eigenvalue weighted by molar-refractivity contribution is 6.03. The number of hydrogen-bond acceptors (Lipinski definition) is 24. The summed E-state index contributed by atoms with van der Waals surface area (Å²) in [4.78, 5) is 98.0. The number of aromatic nitrogens is 16. The van der Waals surface area contributed by atoms with Crippen LogP contribution in [0.1, 0.15) is 96.9 Å². The Morgan fingerprint density at radius 1 is 0.317 bits per heavy atom. The molecule has 26 nitrogen and oxygen atoms in total. The Morgan fingerprint density at radius 2 is 0.573 bits per heavy atom. The van der Waals surface area contributed by atoms with Crippen LogP contribution < -0.4 is 39.6 Å². The summed E-state index contributed by atoms with van der Waals surface area (Å²) in [7, 11) is 0. The molecule has 7 aromatic rings. The summed E-state index contributed by atoms with van der Waals surface area (Å²) in [5.41, 5.74) is 4.93. The van der Waals surface area contributed by atoms with E-state index in [4.69, 9.17) is 74.5 Å². The first-order valence-electron chi connectivity index (χ1n) is 29.7. The fraction of sp³-hybridized carbons (Fsp3) is 0.571. The first-order chi connectivity index (χ1) is 40.0. The van der Waals surface area contributed by atoms with E-state index in [1.165, 1.54) is 0 Å². The second kappa shape index (κ2) is 25.8. The molecule has 9 heterocycles. The summed E-state index contributed by atoms with van der Waals surface area (Å²) < 4.78 is 5.67. The molecule has 0 fully saturated rings. The van der Waals surface area contributed by atoms with Gasteiger partial charge in [-0.2, -0.15) is 0 Å². The number of H-pyrrole nitrogens is 2. The predicted molar refractivity (Wildman–Crippen MR) is 330 cm³/mol. The minimum Gasteiger partial charge on any atom is -0.394 e. The van der Waals surface area contributed by atoms with Crippen molar-refractivity contribution < 1.29 is 9.84 Å². The molecule has 26 heteroatoms. The number of anilines is 8. The van der Waals surface area contributed by atoms with Crippen LogP contribution in [0.2, 0.25) is 0 Å². The number of rotatable bonds is 27. The molecular formula is C56H82N24O2. The van der Waals surface area contributed by atoms with Gasteiger partial charge in [-0.1, -0.05) is 0 Å². The smallest absolute Gasteiger partial charge is 0.184 e. The third-order valence-corrected chi connectivity index (χ3v) is 15.2. The molecular weight excluding hydrogens is 1040 g/mol. The van der Waals surface area contributed by atoms with Gasteiger partial charge in [0.2, 0.25) is 0 Å². The lowest BCUT2D eigenvalue weighted by atomic mass is 10.3. The van der Waals surface area contributed by atoms with Crippen molar-refractivity contribution in [2.75, 3.05) is 158 Å². The van der Waals surface area contributed by atoms with Gasteiger partial charge in [0.1, 0.15) is 44.8 Å². The molecule has 7 aromatic heterocycles. The van der Waals surface area contributed by atoms with Crippen molar-refractivity contribution in [3.8, 4) is 46.1 Å². The second-order valence-electron chi connectivity index (χ2n) is 19.4. The van der Waals surface area contributed by atoms with E-state index >= 15 is 0 Å². The van der Waals surface area contributed by atoms with Crippen LogP contribution in [-0.4, -0.2) is 203 Å². The zero-order chi connectivity index (χ0) is 58.4. The first-order valence-corrected chi connectivity index (χ1v) is 29.7. The minimum atomic E-state index is -0.0808. The molecule has 0 spiro atoms. The van der Waals surface area contributed by atoms with Crippen LogP contribution in [0.4, 0.5) is 46.5 Å². The van der Waals surface area contributed by atoms with Crippen molar-refractivity contribution in [3.63, 3.8) is 0 Å². The first kappa shape index (κ1) is 58.6. The van der Waals surface area contributed by atoms with Gasteiger partial charge in [-0.3, -0.25) is 0 Å². The third kappa shape index (κ3) is 10.8. The zero-order valence-corrected chi connectivity index (χ0v) is 50.5. The van der Waals surface area contributed by atoms with Gasteiger partial charge in [0, 0.05) is 98.2 Å². The van der Waals surface area contributed by atoms with Crippen LogP contribution >= 0.6 is 0 Å². The molecule has 0 radical (unpaired) electrons. The standard InChI is InChI=1S/C56H82N24O2/c1-15-74(16-2)50-49(57-29-31-82-32-30-81)58-33-34(59-50)42-66-41(33)67-43-35-36(61-52(76(19-5)20-6)51(60-35)75(17-3)18-4)45(69-43)71-47-39-40(65-56(80(27-13)28-14)55(64-39)79(25-11)26-12)48(73-47)72-46-38-37(44(68-42)70-46)62-53(77(21-7)22-8)54(63-38)78(23-9)24-10/h81H,15-32H2,1-14H3,(H,57,58)(H2,66,67,68,69,70,71,72,73). The summed E-state index contributed by atoms with van der Waals surface area (Å²) in [6.45, 7) is 40.0. The number of hydrogen-bond donors (Lipinski definition) is 4. The van der Waals surface area contributed by atoms with Gasteiger partial charge in [0.05, 0.1) is 19.8 Å². The van der Waals surface area contributed by atoms with Crippen molar-refractivity contribution in [2.24, 2.45) is 0 Å². The highest BCUT2D eigenvalue weighted by Crippen LogP contribution is 2.41. The Bertz CT molecular complexity index is 3520. The largest absolute Gasteiger partial charge is 0.394 e. The number of aromatic amines is 2. The Morgan fingerprint density at radius 3 is 0.854 bits per heavy atom. The predicted octanol–water partition coefficient (Wildman–Crippen LogP) is 7.37. The quantitative estimate of drug-likeness (QED) is 0.0366. The zero-order valence-electron chi connectivity index (χ0n) is 50.5. The topological polar surface area (TPSA) is 276 Å². The Labute approximate surface area is 479 Å². The lowest BCUT2D eigenvalue weighted by Crippen LogP contribution is -2.30. The van der Waals surface area contributed by atoms with Crippen LogP contribution in [0.25, 0.3) is 90.7 Å². The van der Waals surface area contributed by atoms with E-state index in [2.05, 4.69) is 147 Å². The van der Waals surface area contributed by atoms with Crippen LogP contribution in [0.3, 0.4) is 0 Å². The van der Waals surface area contributed by atoms with Crippen molar-refractivity contribution in [2.45, 2.75) is 96.9 Å². The van der Waals surface area contributed by atoms with Gasteiger partial charge in [-0.05, 0) is 96.9 Å². The second-order valence-corrected chi connectivity index (χ2v) is 19.4. The van der Waals surface area contributed by atoms with E-state index < -0.39 is 0 Å². The molecule has 0 saturated heterocycles. The fourth-order valence-corrected chi connectivity index (χ4v) is 10.6. The van der Waals surface area contributed by atoms with Crippen LogP contribution in [-0.2, 0) is 4.74 Å². The number of fused-ring (bicyclic) bond motifs is 20. The normalized spacial score (nSPS) is 11.8. The van der Waals surface area contributed by atoms with Crippen LogP contribution in [0, 0.1) is 0 Å². The highest BCUT2D eigenvalue weighted by Gasteiger charge is 2.33. The van der Waals surface area contributed by atoms with Crippen LogP contribution in [0.15, 0.2) is 0 Å². The molecule has 82 heavy (non-hydrogen) atoms. The maximum atomic E-state index is 9.46. The number of nitrogens with zero attached hydrogens (tertiary/aromatic N) is 21. The van der Waals surface area contributed by atoms with Gasteiger partial charge in [-0.25, -0.2) is 69.8 Å². The third-order valence-electron chi connectivity index (χ3n) is 15.2. The summed E-state index contributed by atoms with van der Waals surface area (Å²) >= 11 is 0. The van der Waals surface area contributed by atoms with E-state index in [-0.39, 0.29) is 36.5 Å². The number of nitrogens with one attached hydrogen (secondary N) is 3. The Hall–Kier alpha value is -8.00. The average molecular weight is 1120 g/mol. The van der Waals surface area contributed by atoms with Gasteiger partial charge in [-0.15, -0.1) is 0 Å². The molecule has 8 bridgehead atoms. The highest BCUT2D eigenvalue weighted by atomic mass is 16.5. The maximum Gasteiger partial charge on any atom is 0.184 e. The Balaban J connectivity index is 1.51. The Kier molecular flexibility index (Phi) is 18.5. The monoisotopic (exact) mass is 1120 g/mol. The van der Waals surface area contributed by atoms with E-state index in [0.717, 1.165) is 11.6 Å². The lowest BCUT2D eigenvalue weighted by molar-refractivity contribution is 0.0992. The van der Waals surface area contributed by atoms with Crippen molar-refractivity contribution >= 4 is 91.2 Å². The van der Waals surface area contributed by atoms with E-state index in [1.54, 1.807) is 0 Å². The summed E-state index contributed by atoms with van der Waals surface area (Å²) in [6, 6.07) is 0. The number of aliphatic hydroxyl groups excluding tert-OH is 1. The van der Waals surface area contributed by atoms with Gasteiger partial charge < -0.3 is 59.4 Å². The molecule has 0 aliphatic carbocycles. The molecule has 0 amide bonds. The summed E-state index contributed by atoms with van der Waals surface area (Å²) in [5.74, 6) is 6.45. The van der Waals surface area contributed by atoms with E-state index in [1.807, 2.05) is 0 Å². The summed E-state index contributed by atoms with van der Waals surface area (Å²) in [6.07, 6.45) is 0. The molecule has 438 valence electrons. The van der Waals surface area contributed by atoms with Gasteiger partial charge in [0.25, 0.3) is 0 Å². The summed E-state index contributed by atoms with van der Waals surface area (Å²) in [5, 5.41) is 12.9. The fourth-order valence-electron chi connectivity index (χ4n) is 10.6. The van der Waals surface area contributed by atoms with Crippen LogP contribution in [0.5, 0.6) is 0 Å². The van der Waals surface area contributed by atoms with Crippen molar-refractivity contribution in [1.82, 2.24) is 79.7 Å². The molecule has 9 rings (SSSR count). The van der Waals surface area contributed by atoms with E-state index in [9.17, 15) is 5.11 Å². The number of aliphatic hydroxyl groups is 1. The minimum absolute atomic E-state index is 0.0808. The molecule has 2 aliphatic rings. The molecule has 0 aromatic carbocycles. The van der Waals surface area contributed by atoms with Gasteiger partial charge >= 0.3 is 0 Å². The van der Waals surface area contributed by atoms with Crippen molar-refractivity contribution in [3.05, 3.63) is 0 Å². The SMILES string of the molecule is CCN(CC)c1nc2c3nc4nc(nc5[nH]c(nc6nc(nc([nH]3)c2nc1NCCOCCO)-c1nc(N(CC)CC)c(N(CC)CC)nc1-6)c1nc(N(CC)CC)c(N(CC)CC)nc51)-c1nc(N(CC)CC)c(N(CC)CC)nc1-4. The molecule has 4 N–H and O–H groups in total. The molecule has 0 saturated carbocycles. The number of ether oxygens (including phenoxy) is 1. The molecule has 0 unspecified atom stereocenters. The molecule has 2 aliphatic heterocycles. The van der Waals surface area contributed by atoms with Gasteiger partial charge in [0.15, 0.2) is 92.4 Å². The van der Waals surface area contributed by atoms with E-state index in [0.29, 0.717) is 207 Å². The lowest BCUT2D eigenvalue weighted by Gasteiger charge is -2.28. The van der Waals surface area contributed by atoms with Crippen molar-refractivity contribution in [1.29, 1.82) is 0 Å².